The summed E-state index contributed by atoms with van der Waals surface area (Å²) in [5.41, 5.74) is 1.91. The molecule has 7 heteroatoms. The third kappa shape index (κ3) is 2.80. The minimum absolute atomic E-state index is 0.0747. The van der Waals surface area contributed by atoms with E-state index < -0.39 is 11.6 Å². The number of nitrogens with zero attached hydrogens (tertiary/aromatic N) is 3. The molecule has 27 heavy (non-hydrogen) atoms. The molecule has 1 aliphatic rings. The highest BCUT2D eigenvalue weighted by atomic mass is 19.1. The normalized spacial score (nSPS) is 15.9. The summed E-state index contributed by atoms with van der Waals surface area (Å²) in [6, 6.07) is 10.9. The highest BCUT2D eigenvalue weighted by molar-refractivity contribution is 6.07. The number of aryl methyl sites for hydroxylation is 1. The number of fused-ring (bicyclic) bond motifs is 1. The van der Waals surface area contributed by atoms with Crippen molar-refractivity contribution in [2.75, 3.05) is 18.1 Å². The van der Waals surface area contributed by atoms with Crippen molar-refractivity contribution in [1.29, 1.82) is 0 Å². The van der Waals surface area contributed by atoms with Crippen LogP contribution in [0.25, 0.3) is 5.69 Å². The first-order valence-corrected chi connectivity index (χ1v) is 8.53. The van der Waals surface area contributed by atoms with E-state index in [0.29, 0.717) is 17.8 Å². The van der Waals surface area contributed by atoms with Gasteiger partial charge in [0.05, 0.1) is 6.61 Å². The topological polar surface area (TPSA) is 58.4 Å². The predicted molar refractivity (Wildman–Crippen MR) is 96.2 cm³/mol. The van der Waals surface area contributed by atoms with Crippen LogP contribution < -0.4 is 4.90 Å². The Kier molecular flexibility index (Phi) is 4.24. The maximum atomic E-state index is 14.0. The number of benzene rings is 2. The van der Waals surface area contributed by atoms with E-state index in [1.165, 1.54) is 12.3 Å². The molecule has 0 fully saturated rings. The van der Waals surface area contributed by atoms with E-state index in [-0.39, 0.29) is 29.8 Å². The lowest BCUT2D eigenvalue weighted by molar-refractivity contribution is 0.0981. The Hall–Kier alpha value is -3.06. The van der Waals surface area contributed by atoms with Gasteiger partial charge in [-0.25, -0.2) is 13.5 Å². The summed E-state index contributed by atoms with van der Waals surface area (Å²) >= 11 is 0. The van der Waals surface area contributed by atoms with Crippen LogP contribution in [0.2, 0.25) is 0 Å². The number of halogens is 2. The fourth-order valence-corrected chi connectivity index (χ4v) is 3.47. The number of para-hydroxylation sites is 2. The minimum Gasteiger partial charge on any atom is -0.396 e. The summed E-state index contributed by atoms with van der Waals surface area (Å²) in [6.45, 7) is 1.92. The molecule has 138 valence electrons. The number of rotatable bonds is 3. The van der Waals surface area contributed by atoms with Gasteiger partial charge in [0, 0.05) is 29.9 Å². The zero-order valence-corrected chi connectivity index (χ0v) is 14.6. The van der Waals surface area contributed by atoms with Crippen LogP contribution >= 0.6 is 0 Å². The first-order valence-electron chi connectivity index (χ1n) is 8.53. The molecule has 0 saturated heterocycles. The van der Waals surface area contributed by atoms with E-state index >= 15 is 0 Å². The van der Waals surface area contributed by atoms with Gasteiger partial charge in [-0.15, -0.1) is 0 Å². The van der Waals surface area contributed by atoms with Crippen molar-refractivity contribution >= 4 is 11.6 Å². The number of amides is 1. The molecule has 5 nitrogen and oxygen atoms in total. The molecule has 1 N–H and O–H groups in total. The molecule has 3 aromatic rings. The molecule has 1 atom stereocenters. The monoisotopic (exact) mass is 369 g/mol. The van der Waals surface area contributed by atoms with Gasteiger partial charge < -0.3 is 10.0 Å². The Labute approximate surface area is 154 Å². The number of hydrogen-bond acceptors (Lipinski definition) is 3. The number of carbonyl (C=O) groups excluding carboxylic acids is 1. The number of aliphatic hydroxyl groups excluding tert-OH is 1. The molecule has 1 amide bonds. The molecule has 1 unspecified atom stereocenters. The number of aliphatic hydroxyl groups is 1. The Bertz CT molecular complexity index is 1010. The number of hydrogen-bond donors (Lipinski definition) is 1. The lowest BCUT2D eigenvalue weighted by atomic mass is 10.0. The van der Waals surface area contributed by atoms with Gasteiger partial charge in [0.1, 0.15) is 5.69 Å². The Balaban J connectivity index is 1.73. The molecule has 1 aromatic heterocycles. The van der Waals surface area contributed by atoms with Crippen molar-refractivity contribution in [2.24, 2.45) is 0 Å². The van der Waals surface area contributed by atoms with E-state index in [2.05, 4.69) is 5.10 Å². The standard InChI is InChI=1S/C20H17F2N3O2/c1-12-9-25(19-15(21)6-4-7-16(19)22)23-18(12)20(27)24-10-13(11-26)14-5-2-3-8-17(14)24/h2-9,13,26H,10-11H2,1H3. The molecule has 2 aromatic carbocycles. The fraction of sp³-hybridized carbons (Fsp3) is 0.200. The second-order valence-corrected chi connectivity index (χ2v) is 6.53. The number of anilines is 1. The summed E-state index contributed by atoms with van der Waals surface area (Å²) in [7, 11) is 0. The average molecular weight is 369 g/mol. The quantitative estimate of drug-likeness (QED) is 0.771. The fourth-order valence-electron chi connectivity index (χ4n) is 3.47. The summed E-state index contributed by atoms with van der Waals surface area (Å²) in [5.74, 6) is -2.06. The van der Waals surface area contributed by atoms with Crippen molar-refractivity contribution in [3.63, 3.8) is 0 Å². The highest BCUT2D eigenvalue weighted by Gasteiger charge is 2.34. The molecule has 0 radical (unpaired) electrons. The van der Waals surface area contributed by atoms with E-state index in [0.717, 1.165) is 22.4 Å². The van der Waals surface area contributed by atoms with Gasteiger partial charge in [0.2, 0.25) is 0 Å². The summed E-state index contributed by atoms with van der Waals surface area (Å²) in [5, 5.41) is 13.8. The second-order valence-electron chi connectivity index (χ2n) is 6.53. The predicted octanol–water partition coefficient (Wildman–Crippen LogP) is 3.20. The largest absolute Gasteiger partial charge is 0.396 e. The third-order valence-corrected chi connectivity index (χ3v) is 4.80. The highest BCUT2D eigenvalue weighted by Crippen LogP contribution is 2.36. The smallest absolute Gasteiger partial charge is 0.279 e. The lowest BCUT2D eigenvalue weighted by Gasteiger charge is -2.16. The van der Waals surface area contributed by atoms with Crippen LogP contribution in [0.1, 0.15) is 27.5 Å². The molecule has 4 rings (SSSR count). The number of carbonyl (C=O) groups is 1. The average Bonchev–Trinajstić information content (AvgIpc) is 3.22. The summed E-state index contributed by atoms with van der Waals surface area (Å²) in [6.07, 6.45) is 1.43. The van der Waals surface area contributed by atoms with Crippen molar-refractivity contribution in [3.8, 4) is 5.69 Å². The molecule has 0 saturated carbocycles. The van der Waals surface area contributed by atoms with Crippen molar-refractivity contribution < 1.29 is 18.7 Å². The molecule has 0 aliphatic carbocycles. The lowest BCUT2D eigenvalue weighted by Crippen LogP contribution is -2.31. The summed E-state index contributed by atoms with van der Waals surface area (Å²) in [4.78, 5) is 14.6. The molecular formula is C20H17F2N3O2. The van der Waals surface area contributed by atoms with Crippen LogP contribution in [0.15, 0.2) is 48.7 Å². The Morgan fingerprint density at radius 2 is 1.89 bits per heavy atom. The molecular weight excluding hydrogens is 352 g/mol. The van der Waals surface area contributed by atoms with Crippen LogP contribution in [-0.4, -0.2) is 33.9 Å². The Morgan fingerprint density at radius 3 is 2.59 bits per heavy atom. The SMILES string of the molecule is Cc1cn(-c2c(F)cccc2F)nc1C(=O)N1CC(CO)c2ccccc21. The molecule has 1 aliphatic heterocycles. The second kappa shape index (κ2) is 6.59. The zero-order chi connectivity index (χ0) is 19.1. The van der Waals surface area contributed by atoms with E-state index in [1.54, 1.807) is 11.8 Å². The van der Waals surface area contributed by atoms with Crippen LogP contribution in [0.5, 0.6) is 0 Å². The van der Waals surface area contributed by atoms with Gasteiger partial charge in [-0.3, -0.25) is 4.79 Å². The molecule has 0 spiro atoms. The van der Waals surface area contributed by atoms with Gasteiger partial charge in [-0.1, -0.05) is 24.3 Å². The van der Waals surface area contributed by atoms with Gasteiger partial charge >= 0.3 is 0 Å². The molecule has 0 bridgehead atoms. The van der Waals surface area contributed by atoms with Crippen LogP contribution in [0.4, 0.5) is 14.5 Å². The third-order valence-electron chi connectivity index (χ3n) is 4.80. The first kappa shape index (κ1) is 17.4. The van der Waals surface area contributed by atoms with Crippen LogP contribution in [-0.2, 0) is 0 Å². The van der Waals surface area contributed by atoms with E-state index in [1.807, 2.05) is 24.3 Å². The van der Waals surface area contributed by atoms with Gasteiger partial charge in [-0.05, 0) is 30.7 Å². The van der Waals surface area contributed by atoms with Crippen LogP contribution in [0.3, 0.4) is 0 Å². The van der Waals surface area contributed by atoms with Gasteiger partial charge in [-0.2, -0.15) is 5.10 Å². The van der Waals surface area contributed by atoms with Crippen molar-refractivity contribution in [3.05, 3.63) is 77.1 Å². The summed E-state index contributed by atoms with van der Waals surface area (Å²) < 4.78 is 29.2. The van der Waals surface area contributed by atoms with E-state index in [4.69, 9.17) is 0 Å². The van der Waals surface area contributed by atoms with Gasteiger partial charge in [0.15, 0.2) is 17.3 Å². The van der Waals surface area contributed by atoms with Gasteiger partial charge in [0.25, 0.3) is 5.91 Å². The van der Waals surface area contributed by atoms with E-state index in [9.17, 15) is 18.7 Å². The Morgan fingerprint density at radius 1 is 1.19 bits per heavy atom. The first-order chi connectivity index (χ1) is 13.0. The van der Waals surface area contributed by atoms with Crippen molar-refractivity contribution in [2.45, 2.75) is 12.8 Å². The molecule has 2 heterocycles. The maximum absolute atomic E-state index is 14.0. The minimum atomic E-state index is -0.761. The number of aromatic nitrogens is 2. The van der Waals surface area contributed by atoms with Crippen molar-refractivity contribution in [1.82, 2.24) is 9.78 Å². The zero-order valence-electron chi connectivity index (χ0n) is 14.6. The maximum Gasteiger partial charge on any atom is 0.279 e. The van der Waals surface area contributed by atoms with Crippen LogP contribution in [0, 0.1) is 18.6 Å².